The molecule has 0 amide bonds. The molecule has 3 heteroatoms. The van der Waals surface area contributed by atoms with E-state index < -0.39 is 12.1 Å². The number of carboxylic acid groups (broad SMARTS) is 1. The van der Waals surface area contributed by atoms with Crippen LogP contribution >= 0.6 is 0 Å². The summed E-state index contributed by atoms with van der Waals surface area (Å²) in [5.74, 6) is -0.732. The molecule has 0 aliphatic carbocycles. The number of aliphatic hydroxyl groups excluding tert-OH is 1. The third-order valence-electron chi connectivity index (χ3n) is 3.00. The molecule has 3 nitrogen and oxygen atoms in total. The topological polar surface area (TPSA) is 57.5 Å². The standard InChI is InChI=1S/C20H30O3/c1-2-3-13-16-19(21)17-14-11-9-7-5-4-6-8-10-12-15-18-20(22)23/h3-5,8-11,13-14,17,19,21H,2,6-7,12,15-16,18H2,1H3,(H,22,23)/b5-4-,10-8-,11-9-,13-3-,17-14-. The Bertz CT molecular complexity index is 428. The minimum atomic E-state index is -0.732. The smallest absolute Gasteiger partial charge is 0.303 e. The molecule has 0 spiro atoms. The van der Waals surface area contributed by atoms with Crippen LogP contribution in [0.4, 0.5) is 0 Å². The van der Waals surface area contributed by atoms with Gasteiger partial charge in [0.1, 0.15) is 0 Å². The molecule has 0 aromatic rings. The highest BCUT2D eigenvalue weighted by Crippen LogP contribution is 1.99. The SMILES string of the molecule is CC/C=C\CC(O)/C=C\C=C/C/C=C\C/C=C\CCCC(=O)O. The number of rotatable bonds is 13. The van der Waals surface area contributed by atoms with Gasteiger partial charge in [0.25, 0.3) is 0 Å². The fraction of sp³-hybridized carbons (Fsp3) is 0.450. The van der Waals surface area contributed by atoms with Crippen LogP contribution in [-0.4, -0.2) is 22.3 Å². The summed E-state index contributed by atoms with van der Waals surface area (Å²) in [7, 11) is 0. The van der Waals surface area contributed by atoms with E-state index in [-0.39, 0.29) is 6.42 Å². The van der Waals surface area contributed by atoms with Crippen molar-refractivity contribution in [2.45, 2.75) is 58.0 Å². The van der Waals surface area contributed by atoms with Gasteiger partial charge in [-0.3, -0.25) is 4.79 Å². The van der Waals surface area contributed by atoms with E-state index >= 15 is 0 Å². The van der Waals surface area contributed by atoms with E-state index in [1.165, 1.54) is 0 Å². The van der Waals surface area contributed by atoms with Gasteiger partial charge in [0.05, 0.1) is 6.10 Å². The summed E-state index contributed by atoms with van der Waals surface area (Å²) in [5, 5.41) is 18.1. The second-order valence-electron chi connectivity index (χ2n) is 5.20. The summed E-state index contributed by atoms with van der Waals surface area (Å²) in [6, 6.07) is 0. The van der Waals surface area contributed by atoms with Crippen molar-refractivity contribution in [3.8, 4) is 0 Å². The van der Waals surface area contributed by atoms with Crippen LogP contribution in [0.25, 0.3) is 0 Å². The molecule has 0 heterocycles. The molecular weight excluding hydrogens is 288 g/mol. The number of hydrogen-bond donors (Lipinski definition) is 2. The van der Waals surface area contributed by atoms with Crippen molar-refractivity contribution in [3.63, 3.8) is 0 Å². The fourth-order valence-corrected chi connectivity index (χ4v) is 1.77. The van der Waals surface area contributed by atoms with Gasteiger partial charge in [0.2, 0.25) is 0 Å². The second-order valence-corrected chi connectivity index (χ2v) is 5.20. The lowest BCUT2D eigenvalue weighted by atomic mass is 10.2. The van der Waals surface area contributed by atoms with Gasteiger partial charge in [0.15, 0.2) is 0 Å². The number of carboxylic acids is 1. The van der Waals surface area contributed by atoms with Crippen molar-refractivity contribution < 1.29 is 15.0 Å². The van der Waals surface area contributed by atoms with Crippen LogP contribution in [0, 0.1) is 0 Å². The van der Waals surface area contributed by atoms with Gasteiger partial charge >= 0.3 is 5.97 Å². The molecule has 128 valence electrons. The lowest BCUT2D eigenvalue weighted by Crippen LogP contribution is -1.98. The number of carbonyl (C=O) groups is 1. The van der Waals surface area contributed by atoms with Gasteiger partial charge in [-0.2, -0.15) is 0 Å². The first-order chi connectivity index (χ1) is 11.2. The Balaban J connectivity index is 3.63. The van der Waals surface area contributed by atoms with Crippen LogP contribution in [0.1, 0.15) is 51.9 Å². The summed E-state index contributed by atoms with van der Waals surface area (Å²) < 4.78 is 0. The molecule has 0 fully saturated rings. The van der Waals surface area contributed by atoms with Crippen molar-refractivity contribution in [3.05, 3.63) is 60.8 Å². The van der Waals surface area contributed by atoms with E-state index in [4.69, 9.17) is 5.11 Å². The maximum atomic E-state index is 10.3. The Labute approximate surface area is 140 Å². The first kappa shape index (κ1) is 21.1. The highest BCUT2D eigenvalue weighted by atomic mass is 16.4. The Morgan fingerprint density at radius 3 is 2.35 bits per heavy atom. The molecule has 0 rings (SSSR count). The molecule has 1 atom stereocenters. The molecule has 0 aromatic heterocycles. The molecule has 0 saturated carbocycles. The van der Waals surface area contributed by atoms with Gasteiger partial charge in [-0.15, -0.1) is 0 Å². The molecule has 0 aliphatic heterocycles. The van der Waals surface area contributed by atoms with Gasteiger partial charge in [-0.25, -0.2) is 0 Å². The number of unbranched alkanes of at least 4 members (excludes halogenated alkanes) is 1. The normalized spacial score (nSPS) is 14.2. The van der Waals surface area contributed by atoms with E-state index in [0.717, 1.165) is 25.7 Å². The largest absolute Gasteiger partial charge is 0.481 e. The monoisotopic (exact) mass is 318 g/mol. The first-order valence-electron chi connectivity index (χ1n) is 8.35. The predicted octanol–water partition coefficient (Wildman–Crippen LogP) is 4.96. The van der Waals surface area contributed by atoms with Crippen LogP contribution in [0.2, 0.25) is 0 Å². The molecule has 0 bridgehead atoms. The summed E-state index contributed by atoms with van der Waals surface area (Å²) in [5.41, 5.74) is 0. The van der Waals surface area contributed by atoms with Crippen molar-refractivity contribution in [1.82, 2.24) is 0 Å². The molecule has 1 unspecified atom stereocenters. The van der Waals surface area contributed by atoms with Gasteiger partial charge in [-0.1, -0.05) is 67.7 Å². The number of aliphatic carboxylic acids is 1. The van der Waals surface area contributed by atoms with E-state index in [1.807, 2.05) is 30.4 Å². The summed E-state index contributed by atoms with van der Waals surface area (Å²) in [4.78, 5) is 10.3. The molecule has 23 heavy (non-hydrogen) atoms. The van der Waals surface area contributed by atoms with Crippen LogP contribution < -0.4 is 0 Å². The van der Waals surface area contributed by atoms with Gasteiger partial charge in [-0.05, 0) is 38.5 Å². The minimum Gasteiger partial charge on any atom is -0.481 e. The highest BCUT2D eigenvalue weighted by molar-refractivity contribution is 5.66. The Morgan fingerprint density at radius 1 is 0.957 bits per heavy atom. The van der Waals surface area contributed by atoms with Crippen molar-refractivity contribution >= 4 is 5.97 Å². The zero-order valence-electron chi connectivity index (χ0n) is 14.1. The van der Waals surface area contributed by atoms with Crippen LogP contribution in [0.3, 0.4) is 0 Å². The van der Waals surface area contributed by atoms with E-state index in [2.05, 4.69) is 31.2 Å². The summed E-state index contributed by atoms with van der Waals surface area (Å²) >= 11 is 0. The number of aliphatic hydroxyl groups is 1. The molecule has 0 radical (unpaired) electrons. The maximum absolute atomic E-state index is 10.3. The molecule has 0 saturated heterocycles. The van der Waals surface area contributed by atoms with Crippen LogP contribution in [0.5, 0.6) is 0 Å². The third kappa shape index (κ3) is 18.1. The summed E-state index contributed by atoms with van der Waals surface area (Å²) in [6.07, 6.45) is 24.7. The highest BCUT2D eigenvalue weighted by Gasteiger charge is 1.93. The molecule has 2 N–H and O–H groups in total. The van der Waals surface area contributed by atoms with E-state index in [1.54, 1.807) is 6.08 Å². The Kier molecular flexibility index (Phi) is 15.2. The van der Waals surface area contributed by atoms with E-state index in [0.29, 0.717) is 12.8 Å². The second kappa shape index (κ2) is 16.5. The van der Waals surface area contributed by atoms with Crippen molar-refractivity contribution in [2.24, 2.45) is 0 Å². The Hall–Kier alpha value is -1.87. The lowest BCUT2D eigenvalue weighted by Gasteiger charge is -1.98. The van der Waals surface area contributed by atoms with Crippen molar-refractivity contribution in [1.29, 1.82) is 0 Å². The van der Waals surface area contributed by atoms with Crippen molar-refractivity contribution in [2.75, 3.05) is 0 Å². The fourth-order valence-electron chi connectivity index (χ4n) is 1.77. The summed E-state index contributed by atoms with van der Waals surface area (Å²) in [6.45, 7) is 2.07. The molecular formula is C20H30O3. The van der Waals surface area contributed by atoms with E-state index in [9.17, 15) is 9.90 Å². The zero-order valence-corrected chi connectivity index (χ0v) is 14.1. The lowest BCUT2D eigenvalue weighted by molar-refractivity contribution is -0.137. The number of allylic oxidation sites excluding steroid dienone is 8. The Morgan fingerprint density at radius 2 is 1.65 bits per heavy atom. The maximum Gasteiger partial charge on any atom is 0.303 e. The van der Waals surface area contributed by atoms with Crippen LogP contribution in [-0.2, 0) is 4.79 Å². The van der Waals surface area contributed by atoms with Gasteiger partial charge < -0.3 is 10.2 Å². The predicted molar refractivity (Wildman–Crippen MR) is 97.3 cm³/mol. The first-order valence-corrected chi connectivity index (χ1v) is 8.35. The quantitative estimate of drug-likeness (QED) is 0.286. The zero-order chi connectivity index (χ0) is 17.2. The van der Waals surface area contributed by atoms with Gasteiger partial charge in [0, 0.05) is 6.42 Å². The van der Waals surface area contributed by atoms with Crippen LogP contribution in [0.15, 0.2) is 60.8 Å². The number of hydrogen-bond acceptors (Lipinski definition) is 2. The minimum absolute atomic E-state index is 0.238. The average Bonchev–Trinajstić information content (AvgIpc) is 2.51. The molecule has 0 aliphatic rings. The third-order valence-corrected chi connectivity index (χ3v) is 3.00. The average molecular weight is 318 g/mol. The molecule has 0 aromatic carbocycles.